The fraction of sp³-hybridized carbons (Fsp3) is 0.327. The van der Waals surface area contributed by atoms with Crippen LogP contribution in [0.25, 0.3) is 0 Å². The van der Waals surface area contributed by atoms with Gasteiger partial charge in [-0.3, -0.25) is 14.5 Å². The van der Waals surface area contributed by atoms with Gasteiger partial charge >= 0.3 is 5.97 Å². The number of esters is 1. The number of rotatable bonds is 16. The van der Waals surface area contributed by atoms with E-state index in [-0.39, 0.29) is 4.90 Å². The monoisotopic (exact) mass is 889 g/mol. The van der Waals surface area contributed by atoms with E-state index in [0.717, 1.165) is 25.9 Å². The van der Waals surface area contributed by atoms with Crippen molar-refractivity contribution in [2.45, 2.75) is 72.4 Å². The number of ether oxygens (including phenoxy) is 8. The Kier molecular flexibility index (Phi) is 14.9. The van der Waals surface area contributed by atoms with Crippen LogP contribution in [0.2, 0.25) is 0 Å². The maximum Gasteiger partial charge on any atom is 0.354 e. The van der Waals surface area contributed by atoms with E-state index in [9.17, 15) is 14.4 Å². The van der Waals surface area contributed by atoms with Crippen LogP contribution in [0.5, 0.6) is 11.5 Å². The molecule has 2 amide bonds. The third kappa shape index (κ3) is 8.85. The molecule has 0 aromatic heterocycles. The maximum absolute atomic E-state index is 15.0. The highest BCUT2D eigenvalue weighted by Gasteiger charge is 2.66. The van der Waals surface area contributed by atoms with Crippen LogP contribution in [0, 0.1) is 37.0 Å². The SMILES string of the molecule is C#CCO[C@@H]([C@@H]1O[C@](C(=O)OC)(S(=O)(=O)c2ccccc2)C[C@H](OCC#C)[C@H]1N(C(C)=O)C(C)=O)[C@H](OCC#C)C1Oc2ccc(OC)cc2C(c2ccccc2)(c2ccccc2)O1. The molecule has 2 aliphatic rings. The summed E-state index contributed by atoms with van der Waals surface area (Å²) in [4.78, 5) is 39.2. The maximum atomic E-state index is 15.0. The summed E-state index contributed by atoms with van der Waals surface area (Å²) in [6, 6.07) is 29.1. The smallest absolute Gasteiger partial charge is 0.354 e. The molecule has 0 aliphatic carbocycles. The summed E-state index contributed by atoms with van der Waals surface area (Å²) in [7, 11) is -2.42. The summed E-state index contributed by atoms with van der Waals surface area (Å²) in [5.41, 5.74) is 0.332. The molecule has 4 aromatic rings. The number of sulfone groups is 1. The number of imide groups is 1. The van der Waals surface area contributed by atoms with Crippen LogP contribution in [0.3, 0.4) is 0 Å². The predicted molar refractivity (Wildman–Crippen MR) is 232 cm³/mol. The fourth-order valence-corrected chi connectivity index (χ4v) is 10.1. The second-order valence-electron chi connectivity index (χ2n) is 14.6. The third-order valence-electron chi connectivity index (χ3n) is 11.0. The van der Waals surface area contributed by atoms with Crippen molar-refractivity contribution in [2.75, 3.05) is 34.0 Å². The quantitative estimate of drug-likeness (QED) is 0.113. The summed E-state index contributed by atoms with van der Waals surface area (Å²) >= 11 is 0. The molecule has 0 radical (unpaired) electrons. The summed E-state index contributed by atoms with van der Waals surface area (Å²) in [6.07, 6.45) is 8.23. The van der Waals surface area contributed by atoms with E-state index in [2.05, 4.69) is 17.8 Å². The summed E-state index contributed by atoms with van der Waals surface area (Å²) in [6.45, 7) is 0.859. The number of carbonyl (C=O) groups is 3. The number of benzene rings is 4. The van der Waals surface area contributed by atoms with Crippen molar-refractivity contribution in [1.29, 1.82) is 0 Å². The number of methoxy groups -OCH3 is 2. The first-order valence-electron chi connectivity index (χ1n) is 20.0. The first-order valence-corrected chi connectivity index (χ1v) is 21.5. The molecule has 0 bridgehead atoms. The molecule has 2 aliphatic heterocycles. The van der Waals surface area contributed by atoms with Crippen molar-refractivity contribution in [1.82, 2.24) is 4.90 Å². The molecule has 0 spiro atoms. The summed E-state index contributed by atoms with van der Waals surface area (Å²) < 4.78 is 80.6. The van der Waals surface area contributed by atoms with Gasteiger partial charge in [0.25, 0.3) is 4.93 Å². The molecule has 7 atom stereocenters. The first kappa shape index (κ1) is 47.0. The number of hydrogen-bond donors (Lipinski definition) is 0. The van der Waals surface area contributed by atoms with Gasteiger partial charge in [-0.2, -0.15) is 0 Å². The summed E-state index contributed by atoms with van der Waals surface area (Å²) in [5.74, 6) is 5.03. The first-order chi connectivity index (χ1) is 30.8. The Morgan fingerprint density at radius 3 is 1.83 bits per heavy atom. The van der Waals surface area contributed by atoms with E-state index in [4.69, 9.17) is 57.2 Å². The fourth-order valence-electron chi connectivity index (χ4n) is 8.31. The van der Waals surface area contributed by atoms with Crippen LogP contribution in [0.4, 0.5) is 0 Å². The number of nitrogens with zero attached hydrogens (tertiary/aromatic N) is 1. The second kappa shape index (κ2) is 20.4. The zero-order valence-corrected chi connectivity index (χ0v) is 36.4. The van der Waals surface area contributed by atoms with E-state index >= 15 is 8.42 Å². The minimum atomic E-state index is -4.93. The average molecular weight is 890 g/mol. The molecule has 1 unspecified atom stereocenters. The van der Waals surface area contributed by atoms with Gasteiger partial charge in [-0.25, -0.2) is 13.2 Å². The van der Waals surface area contributed by atoms with Crippen molar-refractivity contribution >= 4 is 27.6 Å². The Labute approximate surface area is 372 Å². The molecule has 15 heteroatoms. The molecule has 1 fully saturated rings. The number of fused-ring (bicyclic) bond motifs is 1. The number of amides is 2. The van der Waals surface area contributed by atoms with Crippen LogP contribution < -0.4 is 9.47 Å². The van der Waals surface area contributed by atoms with Gasteiger partial charge in [0.15, 0.2) is 5.60 Å². The molecular formula is C49H47NO13S. The lowest BCUT2D eigenvalue weighted by molar-refractivity contribution is -0.273. The van der Waals surface area contributed by atoms with E-state index in [1.165, 1.54) is 31.4 Å². The van der Waals surface area contributed by atoms with Gasteiger partial charge in [-0.05, 0) is 41.5 Å². The molecule has 2 heterocycles. The van der Waals surface area contributed by atoms with Crippen LogP contribution >= 0.6 is 0 Å². The molecule has 0 saturated carbocycles. The van der Waals surface area contributed by atoms with Gasteiger partial charge < -0.3 is 37.9 Å². The third-order valence-corrected chi connectivity index (χ3v) is 13.1. The molecule has 0 N–H and O–H groups in total. The van der Waals surface area contributed by atoms with Crippen LogP contribution in [-0.4, -0.2) is 107 Å². The number of carbonyl (C=O) groups excluding carboxylic acids is 3. The van der Waals surface area contributed by atoms with Crippen molar-refractivity contribution in [3.8, 4) is 48.5 Å². The minimum Gasteiger partial charge on any atom is -0.497 e. The molecule has 1 saturated heterocycles. The largest absolute Gasteiger partial charge is 0.497 e. The van der Waals surface area contributed by atoms with Gasteiger partial charge in [-0.15, -0.1) is 19.3 Å². The van der Waals surface area contributed by atoms with Crippen LogP contribution in [0.15, 0.2) is 114 Å². The van der Waals surface area contributed by atoms with E-state index in [1.807, 2.05) is 60.7 Å². The Morgan fingerprint density at radius 2 is 1.31 bits per heavy atom. The van der Waals surface area contributed by atoms with Gasteiger partial charge in [0.2, 0.25) is 27.9 Å². The average Bonchev–Trinajstić information content (AvgIpc) is 3.31. The normalized spacial score (nSPS) is 22.1. The topological polar surface area (TPSA) is 162 Å². The molecule has 64 heavy (non-hydrogen) atoms. The molecule has 14 nitrogen and oxygen atoms in total. The molecule has 6 rings (SSSR count). The van der Waals surface area contributed by atoms with Gasteiger partial charge in [0.05, 0.1) is 31.3 Å². The van der Waals surface area contributed by atoms with E-state index in [0.29, 0.717) is 28.2 Å². The highest BCUT2D eigenvalue weighted by Crippen LogP contribution is 2.51. The van der Waals surface area contributed by atoms with Crippen molar-refractivity contribution in [3.63, 3.8) is 0 Å². The highest BCUT2D eigenvalue weighted by atomic mass is 32.2. The van der Waals surface area contributed by atoms with Crippen molar-refractivity contribution in [3.05, 3.63) is 126 Å². The lowest BCUT2D eigenvalue weighted by Gasteiger charge is -2.52. The van der Waals surface area contributed by atoms with Gasteiger partial charge in [0.1, 0.15) is 49.6 Å². The molecular weight excluding hydrogens is 843 g/mol. The van der Waals surface area contributed by atoms with Crippen LogP contribution in [-0.2, 0) is 58.2 Å². The lowest BCUT2D eigenvalue weighted by Crippen LogP contribution is -2.71. The Balaban J connectivity index is 1.67. The Hall–Kier alpha value is -6.48. The standard InChI is InChI=1S/C49H47NO13S/c1-8-28-58-41-32-48(47(53)57-7,64(54,55)38-24-18-13-19-25-38)62-43(42(41)50(33(4)51)34(5)52)44(59-29-9-2)45(60-30-10-3)46-61-40-27-26-37(56-6)31-39(40)49(63-46,35-20-14-11-15-21-35)36-22-16-12-17-23-36/h1-3,11-27,31,41-46H,28-30,32H2,4-7H3/t41-,42+,43+,44-,45-,46?,48-/m0/s1. The second-order valence-corrected chi connectivity index (χ2v) is 16.8. The highest BCUT2D eigenvalue weighted by molar-refractivity contribution is 7.93. The number of hydrogen-bond acceptors (Lipinski definition) is 13. The molecule has 332 valence electrons. The van der Waals surface area contributed by atoms with Crippen LogP contribution in [0.1, 0.15) is 37.0 Å². The van der Waals surface area contributed by atoms with Gasteiger partial charge in [-0.1, -0.05) is 96.6 Å². The summed E-state index contributed by atoms with van der Waals surface area (Å²) in [5, 5.41) is 0. The van der Waals surface area contributed by atoms with E-state index < -0.39 is 101 Å². The molecule has 4 aromatic carbocycles. The minimum absolute atomic E-state index is 0.302. The zero-order chi connectivity index (χ0) is 46.1. The Morgan fingerprint density at radius 1 is 0.766 bits per heavy atom. The van der Waals surface area contributed by atoms with Crippen molar-refractivity contribution in [2.24, 2.45) is 0 Å². The van der Waals surface area contributed by atoms with Crippen molar-refractivity contribution < 1.29 is 60.7 Å². The Bertz CT molecular complexity index is 2480. The predicted octanol–water partition coefficient (Wildman–Crippen LogP) is 4.67. The van der Waals surface area contributed by atoms with E-state index in [1.54, 1.807) is 24.3 Å². The zero-order valence-electron chi connectivity index (χ0n) is 35.6. The number of terminal acetylenes is 3. The van der Waals surface area contributed by atoms with Gasteiger partial charge in [0, 0.05) is 25.8 Å². The lowest BCUT2D eigenvalue weighted by atomic mass is 9.78.